The molecule has 1 aromatic carbocycles. The van der Waals surface area contributed by atoms with Gasteiger partial charge in [-0.15, -0.1) is 0 Å². The predicted molar refractivity (Wildman–Crippen MR) is 84.1 cm³/mol. The lowest BCUT2D eigenvalue weighted by Crippen LogP contribution is -2.14. The fourth-order valence-electron chi connectivity index (χ4n) is 1.82. The molecule has 0 aliphatic rings. The second kappa shape index (κ2) is 7.60. The van der Waals surface area contributed by atoms with Gasteiger partial charge >= 0.3 is 0 Å². The average Bonchev–Trinajstić information content (AvgIpc) is 2.55. The third-order valence-electron chi connectivity index (χ3n) is 2.80. The lowest BCUT2D eigenvalue weighted by molar-refractivity contribution is -0.112. The van der Waals surface area contributed by atoms with Crippen molar-refractivity contribution in [3.05, 3.63) is 59.9 Å². The van der Waals surface area contributed by atoms with Crippen molar-refractivity contribution in [3.8, 4) is 11.8 Å². The van der Waals surface area contributed by atoms with Gasteiger partial charge in [-0.05, 0) is 36.8 Å². The van der Waals surface area contributed by atoms with E-state index in [9.17, 15) is 10.1 Å². The zero-order valence-corrected chi connectivity index (χ0v) is 12.1. The van der Waals surface area contributed by atoms with Crippen molar-refractivity contribution in [1.82, 2.24) is 4.98 Å². The van der Waals surface area contributed by atoms with Crippen LogP contribution in [-0.4, -0.2) is 17.5 Å². The summed E-state index contributed by atoms with van der Waals surface area (Å²) in [5.74, 6) is 0.0792. The molecule has 5 heteroatoms. The molecule has 110 valence electrons. The van der Waals surface area contributed by atoms with Crippen LogP contribution in [0, 0.1) is 11.3 Å². The van der Waals surface area contributed by atoms with Crippen molar-refractivity contribution in [3.63, 3.8) is 0 Å². The smallest absolute Gasteiger partial charge is 0.266 e. The summed E-state index contributed by atoms with van der Waals surface area (Å²) in [7, 11) is 0. The van der Waals surface area contributed by atoms with Crippen molar-refractivity contribution in [2.45, 2.75) is 6.92 Å². The Bertz CT molecular complexity index is 718. The molecule has 1 heterocycles. The quantitative estimate of drug-likeness (QED) is 0.679. The van der Waals surface area contributed by atoms with E-state index in [4.69, 9.17) is 4.74 Å². The first-order valence-corrected chi connectivity index (χ1v) is 6.79. The number of ether oxygens (including phenoxy) is 1. The van der Waals surface area contributed by atoms with Crippen molar-refractivity contribution in [2.75, 3.05) is 11.9 Å². The van der Waals surface area contributed by atoms with Crippen molar-refractivity contribution in [2.24, 2.45) is 0 Å². The highest BCUT2D eigenvalue weighted by molar-refractivity contribution is 6.10. The molecule has 0 saturated heterocycles. The van der Waals surface area contributed by atoms with E-state index in [-0.39, 0.29) is 5.57 Å². The van der Waals surface area contributed by atoms with Crippen LogP contribution in [0.3, 0.4) is 0 Å². The van der Waals surface area contributed by atoms with E-state index in [0.717, 1.165) is 0 Å². The highest BCUT2D eigenvalue weighted by atomic mass is 16.5. The van der Waals surface area contributed by atoms with Gasteiger partial charge in [0.15, 0.2) is 0 Å². The topological polar surface area (TPSA) is 75.0 Å². The molecule has 0 aliphatic heterocycles. The van der Waals surface area contributed by atoms with Gasteiger partial charge in [0.1, 0.15) is 17.4 Å². The standard InChI is InChI=1S/C17H15N3O2/c1-2-22-16-8-4-3-7-15(16)20-17(21)14(11-18)10-13-6-5-9-19-12-13/h3-10,12H,2H2,1H3,(H,20,21)/b14-10+. The van der Waals surface area contributed by atoms with Gasteiger partial charge in [0.2, 0.25) is 0 Å². The molecule has 1 N–H and O–H groups in total. The molecule has 2 rings (SSSR count). The van der Waals surface area contributed by atoms with Gasteiger partial charge in [-0.3, -0.25) is 9.78 Å². The molecule has 0 atom stereocenters. The highest BCUT2D eigenvalue weighted by Gasteiger charge is 2.12. The fourth-order valence-corrected chi connectivity index (χ4v) is 1.82. The fraction of sp³-hybridized carbons (Fsp3) is 0.118. The predicted octanol–water partition coefficient (Wildman–Crippen LogP) is 3.03. The van der Waals surface area contributed by atoms with Crippen LogP contribution in [0.1, 0.15) is 12.5 Å². The Labute approximate surface area is 128 Å². The van der Waals surface area contributed by atoms with Gasteiger partial charge in [-0.25, -0.2) is 0 Å². The van der Waals surface area contributed by atoms with Gasteiger partial charge < -0.3 is 10.1 Å². The maximum atomic E-state index is 12.2. The number of nitrogens with one attached hydrogen (secondary N) is 1. The second-order valence-corrected chi connectivity index (χ2v) is 4.34. The summed E-state index contributed by atoms with van der Waals surface area (Å²) in [6.07, 6.45) is 4.70. The molecule has 5 nitrogen and oxygen atoms in total. The maximum absolute atomic E-state index is 12.2. The highest BCUT2D eigenvalue weighted by Crippen LogP contribution is 2.24. The molecule has 0 aliphatic carbocycles. The van der Waals surface area contributed by atoms with Crippen molar-refractivity contribution < 1.29 is 9.53 Å². The van der Waals surface area contributed by atoms with E-state index in [1.165, 1.54) is 6.08 Å². The SMILES string of the molecule is CCOc1ccccc1NC(=O)/C(C#N)=C/c1cccnc1. The molecule has 1 aromatic heterocycles. The number of hydrogen-bond donors (Lipinski definition) is 1. The number of hydrogen-bond acceptors (Lipinski definition) is 4. The third kappa shape index (κ3) is 3.93. The maximum Gasteiger partial charge on any atom is 0.266 e. The van der Waals surface area contributed by atoms with Gasteiger partial charge in [0.05, 0.1) is 12.3 Å². The Morgan fingerprint density at radius 2 is 2.18 bits per heavy atom. The summed E-state index contributed by atoms with van der Waals surface area (Å²) in [6, 6.07) is 12.5. The number of nitriles is 1. The lowest BCUT2D eigenvalue weighted by Gasteiger charge is -2.10. The van der Waals surface area contributed by atoms with E-state index in [2.05, 4.69) is 10.3 Å². The summed E-state index contributed by atoms with van der Waals surface area (Å²) >= 11 is 0. The largest absolute Gasteiger partial charge is 0.492 e. The molecule has 0 fully saturated rings. The molecule has 0 saturated carbocycles. The number of rotatable bonds is 5. The average molecular weight is 293 g/mol. The Hall–Kier alpha value is -3.13. The molecule has 0 bridgehead atoms. The minimum absolute atomic E-state index is 0.000647. The number of anilines is 1. The van der Waals surface area contributed by atoms with Crippen LogP contribution in [0.4, 0.5) is 5.69 Å². The first-order valence-electron chi connectivity index (χ1n) is 6.79. The summed E-state index contributed by atoms with van der Waals surface area (Å²) in [4.78, 5) is 16.2. The summed E-state index contributed by atoms with van der Waals surface area (Å²) < 4.78 is 5.44. The molecular formula is C17H15N3O2. The lowest BCUT2D eigenvalue weighted by atomic mass is 10.1. The number of carbonyl (C=O) groups is 1. The molecular weight excluding hydrogens is 278 g/mol. The molecule has 1 amide bonds. The van der Waals surface area contributed by atoms with E-state index < -0.39 is 5.91 Å². The monoisotopic (exact) mass is 293 g/mol. The number of carbonyl (C=O) groups excluding carboxylic acids is 1. The second-order valence-electron chi connectivity index (χ2n) is 4.34. The minimum Gasteiger partial charge on any atom is -0.492 e. The van der Waals surface area contributed by atoms with Crippen molar-refractivity contribution in [1.29, 1.82) is 5.26 Å². The minimum atomic E-state index is -0.487. The van der Waals surface area contributed by atoms with Crippen LogP contribution in [0.5, 0.6) is 5.75 Å². The Morgan fingerprint density at radius 3 is 2.86 bits per heavy atom. The van der Waals surface area contributed by atoms with E-state index in [1.807, 2.05) is 19.1 Å². The normalized spacial score (nSPS) is 10.6. The molecule has 2 aromatic rings. The number of benzene rings is 1. The number of aromatic nitrogens is 1. The van der Waals surface area contributed by atoms with E-state index >= 15 is 0 Å². The summed E-state index contributed by atoms with van der Waals surface area (Å²) in [6.45, 7) is 2.35. The molecule has 0 radical (unpaired) electrons. The molecule has 0 spiro atoms. The Kier molecular flexibility index (Phi) is 5.27. The van der Waals surface area contributed by atoms with E-state index in [0.29, 0.717) is 23.6 Å². The molecule has 0 unspecified atom stereocenters. The van der Waals surface area contributed by atoms with Crippen molar-refractivity contribution >= 4 is 17.7 Å². The zero-order valence-electron chi connectivity index (χ0n) is 12.1. The number of nitrogens with zero attached hydrogens (tertiary/aromatic N) is 2. The van der Waals surface area contributed by atoms with Gasteiger partial charge in [0.25, 0.3) is 5.91 Å². The van der Waals surface area contributed by atoms with Crippen LogP contribution in [-0.2, 0) is 4.79 Å². The van der Waals surface area contributed by atoms with Crippen LogP contribution >= 0.6 is 0 Å². The number of amides is 1. The Morgan fingerprint density at radius 1 is 1.36 bits per heavy atom. The summed E-state index contributed by atoms with van der Waals surface area (Å²) in [5, 5.41) is 11.9. The summed E-state index contributed by atoms with van der Waals surface area (Å²) in [5.41, 5.74) is 1.22. The van der Waals surface area contributed by atoms with Crippen LogP contribution in [0.25, 0.3) is 6.08 Å². The van der Waals surface area contributed by atoms with Gasteiger partial charge in [0, 0.05) is 12.4 Å². The number of para-hydroxylation sites is 2. The van der Waals surface area contributed by atoms with E-state index in [1.54, 1.807) is 42.7 Å². The molecule has 22 heavy (non-hydrogen) atoms. The Balaban J connectivity index is 2.21. The van der Waals surface area contributed by atoms with Crippen LogP contribution < -0.4 is 10.1 Å². The number of pyridine rings is 1. The first kappa shape index (κ1) is 15.3. The van der Waals surface area contributed by atoms with Gasteiger partial charge in [-0.1, -0.05) is 18.2 Å². The van der Waals surface area contributed by atoms with Crippen LogP contribution in [0.2, 0.25) is 0 Å². The zero-order chi connectivity index (χ0) is 15.8. The van der Waals surface area contributed by atoms with Gasteiger partial charge in [-0.2, -0.15) is 5.26 Å². The first-order chi connectivity index (χ1) is 10.7. The third-order valence-corrected chi connectivity index (χ3v) is 2.80. The van der Waals surface area contributed by atoms with Crippen LogP contribution in [0.15, 0.2) is 54.4 Å².